The maximum Gasteiger partial charge on any atom is 0.258 e. The minimum Gasteiger partial charge on any atom is -0.497 e. The molecule has 0 radical (unpaired) electrons. The van der Waals surface area contributed by atoms with Crippen molar-refractivity contribution in [3.63, 3.8) is 0 Å². The molecular formula is C13H17N3O3. The molecule has 1 rings (SSSR count). The number of carbonyl (C=O) groups is 1. The molecule has 0 saturated carbocycles. The molecule has 0 fully saturated rings. The molecule has 0 aliphatic carbocycles. The van der Waals surface area contributed by atoms with Gasteiger partial charge in [0.2, 0.25) is 0 Å². The van der Waals surface area contributed by atoms with E-state index in [0.29, 0.717) is 12.3 Å². The van der Waals surface area contributed by atoms with Crippen molar-refractivity contribution in [2.24, 2.45) is 0 Å². The number of rotatable bonds is 7. The van der Waals surface area contributed by atoms with Crippen LogP contribution in [0.15, 0.2) is 18.2 Å². The van der Waals surface area contributed by atoms with Gasteiger partial charge in [-0.05, 0) is 25.2 Å². The van der Waals surface area contributed by atoms with Gasteiger partial charge in [-0.1, -0.05) is 0 Å². The van der Waals surface area contributed by atoms with Gasteiger partial charge in [0.15, 0.2) is 6.61 Å². The second-order valence-electron chi connectivity index (χ2n) is 3.73. The Morgan fingerprint density at radius 3 is 2.89 bits per heavy atom. The lowest BCUT2D eigenvalue weighted by atomic mass is 10.2. The molecule has 0 heterocycles. The molecular weight excluding hydrogens is 246 g/mol. The van der Waals surface area contributed by atoms with Gasteiger partial charge < -0.3 is 20.1 Å². The van der Waals surface area contributed by atoms with Crippen molar-refractivity contribution in [2.75, 3.05) is 27.3 Å². The van der Waals surface area contributed by atoms with E-state index in [-0.39, 0.29) is 19.1 Å². The number of carbonyl (C=O) groups excluding carboxylic acids is 1. The number of nitriles is 1. The van der Waals surface area contributed by atoms with Crippen LogP contribution in [-0.2, 0) is 11.3 Å². The van der Waals surface area contributed by atoms with Gasteiger partial charge in [0.05, 0.1) is 13.2 Å². The van der Waals surface area contributed by atoms with Crippen LogP contribution in [-0.4, -0.2) is 33.2 Å². The van der Waals surface area contributed by atoms with E-state index < -0.39 is 0 Å². The van der Waals surface area contributed by atoms with Crippen molar-refractivity contribution in [1.82, 2.24) is 10.6 Å². The van der Waals surface area contributed by atoms with Crippen LogP contribution in [0.3, 0.4) is 0 Å². The average molecular weight is 263 g/mol. The quantitative estimate of drug-likeness (QED) is 0.697. The molecule has 0 saturated heterocycles. The molecule has 0 unspecified atom stereocenters. The summed E-state index contributed by atoms with van der Waals surface area (Å²) in [7, 11) is 3.41. The molecule has 6 nitrogen and oxygen atoms in total. The van der Waals surface area contributed by atoms with Crippen molar-refractivity contribution in [1.29, 1.82) is 5.26 Å². The van der Waals surface area contributed by atoms with Crippen molar-refractivity contribution < 1.29 is 14.3 Å². The van der Waals surface area contributed by atoms with Gasteiger partial charge in [0, 0.05) is 12.1 Å². The van der Waals surface area contributed by atoms with E-state index in [1.165, 1.54) is 0 Å². The molecule has 1 aromatic rings. The van der Waals surface area contributed by atoms with Gasteiger partial charge in [-0.3, -0.25) is 4.79 Å². The highest BCUT2D eigenvalue weighted by atomic mass is 16.5. The summed E-state index contributed by atoms with van der Waals surface area (Å²) in [5, 5.41) is 13.8. The first kappa shape index (κ1) is 14.8. The lowest BCUT2D eigenvalue weighted by Crippen LogP contribution is -2.29. The topological polar surface area (TPSA) is 83.4 Å². The Labute approximate surface area is 112 Å². The third kappa shape index (κ3) is 4.85. The molecule has 0 spiro atoms. The zero-order valence-electron chi connectivity index (χ0n) is 11.0. The summed E-state index contributed by atoms with van der Waals surface area (Å²) in [6.45, 7) is 0.464. The van der Waals surface area contributed by atoms with Crippen LogP contribution in [0.5, 0.6) is 11.5 Å². The predicted octanol–water partition coefficient (Wildman–Crippen LogP) is 0.433. The van der Waals surface area contributed by atoms with E-state index in [1.54, 1.807) is 19.2 Å². The van der Waals surface area contributed by atoms with Crippen LogP contribution in [0.25, 0.3) is 0 Å². The summed E-state index contributed by atoms with van der Waals surface area (Å²) < 4.78 is 10.6. The minimum absolute atomic E-state index is 0.0197. The number of nitrogens with one attached hydrogen (secondary N) is 2. The largest absolute Gasteiger partial charge is 0.497 e. The summed E-state index contributed by atoms with van der Waals surface area (Å²) in [6.07, 6.45) is 0. The van der Waals surface area contributed by atoms with Crippen molar-refractivity contribution in [3.05, 3.63) is 23.8 Å². The maximum absolute atomic E-state index is 11.3. The van der Waals surface area contributed by atoms with Crippen molar-refractivity contribution >= 4 is 5.91 Å². The zero-order chi connectivity index (χ0) is 14.1. The number of benzene rings is 1. The van der Waals surface area contributed by atoms with E-state index in [1.807, 2.05) is 19.2 Å². The van der Waals surface area contributed by atoms with E-state index in [4.69, 9.17) is 14.7 Å². The highest BCUT2D eigenvalue weighted by Crippen LogP contribution is 2.24. The molecule has 1 amide bonds. The fraction of sp³-hybridized carbons (Fsp3) is 0.385. The lowest BCUT2D eigenvalue weighted by molar-refractivity contribution is -0.122. The van der Waals surface area contributed by atoms with Gasteiger partial charge >= 0.3 is 0 Å². The molecule has 6 heteroatoms. The Hall–Kier alpha value is -2.26. The summed E-state index contributed by atoms with van der Waals surface area (Å²) in [5.41, 5.74) is 0.898. The SMILES string of the molecule is CNCc1cc(OC)ccc1OCC(=O)NCC#N. The zero-order valence-corrected chi connectivity index (χ0v) is 11.0. The Balaban J connectivity index is 2.66. The Morgan fingerprint density at radius 2 is 2.26 bits per heavy atom. The second kappa shape index (κ2) is 7.95. The summed E-state index contributed by atoms with van der Waals surface area (Å²) in [5.74, 6) is 1.02. The first-order valence-electron chi connectivity index (χ1n) is 5.79. The van der Waals surface area contributed by atoms with Crippen LogP contribution in [0.1, 0.15) is 5.56 Å². The predicted molar refractivity (Wildman–Crippen MR) is 69.9 cm³/mol. The van der Waals surface area contributed by atoms with E-state index in [9.17, 15) is 4.79 Å². The van der Waals surface area contributed by atoms with E-state index >= 15 is 0 Å². The molecule has 102 valence electrons. The van der Waals surface area contributed by atoms with Crippen molar-refractivity contribution in [2.45, 2.75) is 6.54 Å². The number of hydrogen-bond donors (Lipinski definition) is 2. The molecule has 0 aliphatic heterocycles. The van der Waals surface area contributed by atoms with Crippen molar-refractivity contribution in [3.8, 4) is 17.6 Å². The van der Waals surface area contributed by atoms with Crippen LogP contribution < -0.4 is 20.1 Å². The Morgan fingerprint density at radius 1 is 1.47 bits per heavy atom. The number of hydrogen-bond acceptors (Lipinski definition) is 5. The van der Waals surface area contributed by atoms with Crippen LogP contribution >= 0.6 is 0 Å². The van der Waals surface area contributed by atoms with Crippen LogP contribution in [0.4, 0.5) is 0 Å². The Kier molecular flexibility index (Phi) is 6.19. The first-order valence-corrected chi connectivity index (χ1v) is 5.79. The average Bonchev–Trinajstić information content (AvgIpc) is 2.43. The molecule has 0 aromatic heterocycles. The highest BCUT2D eigenvalue weighted by molar-refractivity contribution is 5.77. The maximum atomic E-state index is 11.3. The van der Waals surface area contributed by atoms with Gasteiger partial charge in [0.1, 0.15) is 18.0 Å². The molecule has 19 heavy (non-hydrogen) atoms. The van der Waals surface area contributed by atoms with Crippen LogP contribution in [0.2, 0.25) is 0 Å². The summed E-state index contributed by atoms with van der Waals surface area (Å²) >= 11 is 0. The second-order valence-corrected chi connectivity index (χ2v) is 3.73. The fourth-order valence-electron chi connectivity index (χ4n) is 1.48. The first-order chi connectivity index (χ1) is 9.21. The van der Waals surface area contributed by atoms with E-state index in [0.717, 1.165) is 11.3 Å². The molecule has 0 aliphatic rings. The van der Waals surface area contributed by atoms with Gasteiger partial charge in [-0.2, -0.15) is 5.26 Å². The third-order valence-electron chi connectivity index (χ3n) is 2.36. The lowest BCUT2D eigenvalue weighted by Gasteiger charge is -2.12. The smallest absolute Gasteiger partial charge is 0.258 e. The Bertz CT molecular complexity index is 469. The summed E-state index contributed by atoms with van der Waals surface area (Å²) in [4.78, 5) is 11.3. The van der Waals surface area contributed by atoms with Gasteiger partial charge in [0.25, 0.3) is 5.91 Å². The number of amides is 1. The van der Waals surface area contributed by atoms with Crippen LogP contribution in [0, 0.1) is 11.3 Å². The molecule has 0 atom stereocenters. The fourth-order valence-corrected chi connectivity index (χ4v) is 1.48. The number of methoxy groups -OCH3 is 1. The molecule has 1 aromatic carbocycles. The normalized spacial score (nSPS) is 9.53. The highest BCUT2D eigenvalue weighted by Gasteiger charge is 2.07. The standard InChI is InChI=1S/C13H17N3O3/c1-15-8-10-7-11(18-2)3-4-12(10)19-9-13(17)16-6-5-14/h3-4,7,15H,6,8-9H2,1-2H3,(H,16,17). The molecule has 2 N–H and O–H groups in total. The third-order valence-corrected chi connectivity index (χ3v) is 2.36. The monoisotopic (exact) mass is 263 g/mol. The van der Waals surface area contributed by atoms with Gasteiger partial charge in [-0.15, -0.1) is 0 Å². The number of ether oxygens (including phenoxy) is 2. The molecule has 0 bridgehead atoms. The summed E-state index contributed by atoms with van der Waals surface area (Å²) in [6, 6.07) is 7.19. The minimum atomic E-state index is -0.326. The van der Waals surface area contributed by atoms with Gasteiger partial charge in [-0.25, -0.2) is 0 Å². The van der Waals surface area contributed by atoms with E-state index in [2.05, 4.69) is 10.6 Å². The number of nitrogens with zero attached hydrogens (tertiary/aromatic N) is 1.